The van der Waals surface area contributed by atoms with Gasteiger partial charge in [0.1, 0.15) is 29.6 Å². The summed E-state index contributed by atoms with van der Waals surface area (Å²) in [6.45, 7) is 1.59. The van der Waals surface area contributed by atoms with Gasteiger partial charge in [-0.1, -0.05) is 6.07 Å². The largest absolute Gasteiger partial charge is 0.497 e. The number of furan rings is 1. The first kappa shape index (κ1) is 21.5. The van der Waals surface area contributed by atoms with E-state index in [1.54, 1.807) is 37.3 Å². The van der Waals surface area contributed by atoms with Gasteiger partial charge in [-0.05, 0) is 43.5 Å². The Kier molecular flexibility index (Phi) is 6.44. The molecule has 0 aliphatic carbocycles. The van der Waals surface area contributed by atoms with Crippen molar-refractivity contribution in [1.82, 2.24) is 14.7 Å². The molecule has 3 aromatic rings. The number of ether oxygens (including phenoxy) is 2. The Morgan fingerprint density at radius 3 is 2.69 bits per heavy atom. The second kappa shape index (κ2) is 9.59. The predicted molar refractivity (Wildman–Crippen MR) is 117 cm³/mol. The summed E-state index contributed by atoms with van der Waals surface area (Å²) in [6, 6.07) is 10.5. The van der Waals surface area contributed by atoms with Gasteiger partial charge in [0.2, 0.25) is 0 Å². The summed E-state index contributed by atoms with van der Waals surface area (Å²) in [5.41, 5.74) is 0.715. The Morgan fingerprint density at radius 2 is 1.91 bits per heavy atom. The number of anilines is 1. The van der Waals surface area contributed by atoms with Gasteiger partial charge in [0.05, 0.1) is 19.0 Å². The van der Waals surface area contributed by atoms with Gasteiger partial charge < -0.3 is 24.1 Å². The summed E-state index contributed by atoms with van der Waals surface area (Å²) in [4.78, 5) is 27.5. The number of aryl methyl sites for hydroxylation is 1. The van der Waals surface area contributed by atoms with Crippen LogP contribution in [0.5, 0.6) is 11.5 Å². The number of methoxy groups -OCH3 is 1. The summed E-state index contributed by atoms with van der Waals surface area (Å²) in [6.07, 6.45) is 4.57. The van der Waals surface area contributed by atoms with Crippen molar-refractivity contribution in [3.63, 3.8) is 0 Å². The van der Waals surface area contributed by atoms with E-state index in [4.69, 9.17) is 13.9 Å². The van der Waals surface area contributed by atoms with Gasteiger partial charge in [-0.2, -0.15) is 5.10 Å². The monoisotopic (exact) mass is 438 g/mol. The zero-order valence-corrected chi connectivity index (χ0v) is 18.2. The summed E-state index contributed by atoms with van der Waals surface area (Å²) in [7, 11) is 3.28. The number of carbonyl (C=O) groups is 2. The minimum atomic E-state index is -0.460. The lowest BCUT2D eigenvalue weighted by atomic mass is 10.1. The minimum Gasteiger partial charge on any atom is -0.497 e. The van der Waals surface area contributed by atoms with Gasteiger partial charge in [-0.3, -0.25) is 14.3 Å². The molecule has 1 N–H and O–H groups in total. The van der Waals surface area contributed by atoms with Crippen LogP contribution in [0.15, 0.2) is 47.0 Å². The topological polar surface area (TPSA) is 98.8 Å². The molecule has 1 aliphatic rings. The number of hydrogen-bond acceptors (Lipinski definition) is 6. The highest BCUT2D eigenvalue weighted by Crippen LogP contribution is 2.22. The Morgan fingerprint density at radius 1 is 1.12 bits per heavy atom. The smallest absolute Gasteiger partial charge is 0.291 e. The highest BCUT2D eigenvalue weighted by atomic mass is 16.5. The molecule has 3 heterocycles. The third-order valence-corrected chi connectivity index (χ3v) is 5.34. The van der Waals surface area contributed by atoms with Crippen molar-refractivity contribution >= 4 is 17.5 Å². The Hall–Kier alpha value is -3.75. The van der Waals surface area contributed by atoms with Gasteiger partial charge in [0, 0.05) is 26.2 Å². The maximum Gasteiger partial charge on any atom is 0.291 e. The molecule has 0 unspecified atom stereocenters. The van der Waals surface area contributed by atoms with Crippen LogP contribution in [0.25, 0.3) is 0 Å². The van der Waals surface area contributed by atoms with E-state index in [0.29, 0.717) is 41.7 Å². The maximum atomic E-state index is 13.0. The lowest BCUT2D eigenvalue weighted by molar-refractivity contribution is 0.0714. The number of benzene rings is 1. The molecule has 4 rings (SSSR count). The fraction of sp³-hybridized carbons (Fsp3) is 0.348. The molecule has 0 radical (unpaired) electrons. The van der Waals surface area contributed by atoms with Crippen LogP contribution < -0.4 is 14.8 Å². The number of hydrogen-bond donors (Lipinski definition) is 1. The highest BCUT2D eigenvalue weighted by molar-refractivity contribution is 6.07. The molecule has 1 fully saturated rings. The fourth-order valence-electron chi connectivity index (χ4n) is 3.64. The normalized spacial score (nSPS) is 13.6. The molecule has 1 aliphatic heterocycles. The number of piperidine rings is 1. The molecule has 0 spiro atoms. The maximum absolute atomic E-state index is 13.0. The van der Waals surface area contributed by atoms with Crippen molar-refractivity contribution in [1.29, 1.82) is 0 Å². The summed E-state index contributed by atoms with van der Waals surface area (Å²) in [5, 5.41) is 6.90. The number of carbonyl (C=O) groups excluding carboxylic acids is 2. The van der Waals surface area contributed by atoms with Gasteiger partial charge in [0.15, 0.2) is 5.76 Å². The minimum absolute atomic E-state index is 0.120. The first-order chi connectivity index (χ1) is 15.5. The predicted octanol–water partition coefficient (Wildman–Crippen LogP) is 3.48. The van der Waals surface area contributed by atoms with Crippen LogP contribution in [0.1, 0.15) is 46.1 Å². The lowest BCUT2D eigenvalue weighted by Crippen LogP contribution is -2.37. The molecule has 2 amide bonds. The van der Waals surface area contributed by atoms with Crippen molar-refractivity contribution in [3.05, 3.63) is 59.8 Å². The van der Waals surface area contributed by atoms with E-state index in [-0.39, 0.29) is 18.3 Å². The van der Waals surface area contributed by atoms with Gasteiger partial charge in [-0.15, -0.1) is 0 Å². The Bertz CT molecular complexity index is 1100. The molecule has 2 aromatic heterocycles. The summed E-state index contributed by atoms with van der Waals surface area (Å²) < 4.78 is 18.0. The molecular formula is C23H26N4O5. The van der Waals surface area contributed by atoms with Crippen LogP contribution in [-0.4, -0.2) is 46.7 Å². The number of aromatic nitrogens is 2. The van der Waals surface area contributed by atoms with Gasteiger partial charge >= 0.3 is 0 Å². The van der Waals surface area contributed by atoms with Crippen LogP contribution in [0, 0.1) is 0 Å². The number of nitrogens with zero attached hydrogens (tertiary/aromatic N) is 3. The van der Waals surface area contributed by atoms with Gasteiger partial charge in [0.25, 0.3) is 11.8 Å². The van der Waals surface area contributed by atoms with E-state index in [0.717, 1.165) is 19.3 Å². The van der Waals surface area contributed by atoms with Gasteiger partial charge in [-0.25, -0.2) is 0 Å². The fourth-order valence-corrected chi connectivity index (χ4v) is 3.64. The average molecular weight is 438 g/mol. The van der Waals surface area contributed by atoms with Crippen molar-refractivity contribution in [2.75, 3.05) is 25.5 Å². The van der Waals surface area contributed by atoms with E-state index in [9.17, 15) is 9.59 Å². The first-order valence-electron chi connectivity index (χ1n) is 10.5. The van der Waals surface area contributed by atoms with Crippen molar-refractivity contribution in [2.45, 2.75) is 25.9 Å². The molecule has 9 heteroatoms. The molecular weight excluding hydrogens is 412 g/mol. The van der Waals surface area contributed by atoms with E-state index in [2.05, 4.69) is 10.4 Å². The summed E-state index contributed by atoms with van der Waals surface area (Å²) >= 11 is 0. The third kappa shape index (κ3) is 4.77. The molecule has 9 nitrogen and oxygen atoms in total. The first-order valence-corrected chi connectivity index (χ1v) is 10.5. The number of rotatable bonds is 7. The van der Waals surface area contributed by atoms with Crippen LogP contribution in [-0.2, 0) is 13.7 Å². The van der Waals surface area contributed by atoms with Crippen molar-refractivity contribution < 1.29 is 23.5 Å². The zero-order valence-electron chi connectivity index (χ0n) is 18.2. The van der Waals surface area contributed by atoms with E-state index < -0.39 is 5.91 Å². The second-order valence-electron chi connectivity index (χ2n) is 7.57. The quantitative estimate of drug-likeness (QED) is 0.606. The third-order valence-electron chi connectivity index (χ3n) is 5.34. The average Bonchev–Trinajstić information content (AvgIpc) is 3.45. The Labute approximate surface area is 185 Å². The lowest BCUT2D eigenvalue weighted by Gasteiger charge is -2.27. The molecule has 32 heavy (non-hydrogen) atoms. The van der Waals surface area contributed by atoms with E-state index >= 15 is 0 Å². The number of amides is 2. The standard InChI is InChI=1S/C23H26N4O5/c1-26-21(23(29)27-11-4-3-5-12-27)19(14-24-26)25-22(28)20-10-9-18(32-20)15-31-17-8-6-7-16(13-17)30-2/h6-10,13-14H,3-5,11-12,15H2,1-2H3,(H,25,28). The molecule has 1 aromatic carbocycles. The zero-order chi connectivity index (χ0) is 22.5. The highest BCUT2D eigenvalue weighted by Gasteiger charge is 2.25. The van der Waals surface area contributed by atoms with Crippen molar-refractivity contribution in [2.24, 2.45) is 7.05 Å². The SMILES string of the molecule is COc1cccc(OCc2ccc(C(=O)Nc3cnn(C)c3C(=O)N3CCCCC3)o2)c1. The molecule has 0 bridgehead atoms. The Balaban J connectivity index is 1.40. The van der Waals surface area contributed by atoms with Crippen LogP contribution in [0.4, 0.5) is 5.69 Å². The molecule has 0 saturated carbocycles. The second-order valence-corrected chi connectivity index (χ2v) is 7.57. The van der Waals surface area contributed by atoms with Crippen LogP contribution in [0.3, 0.4) is 0 Å². The summed E-state index contributed by atoms with van der Waals surface area (Å²) in [5.74, 6) is 1.34. The van der Waals surface area contributed by atoms with Crippen molar-refractivity contribution in [3.8, 4) is 11.5 Å². The molecule has 0 atom stereocenters. The number of likely N-dealkylation sites (tertiary alicyclic amines) is 1. The van der Waals surface area contributed by atoms with E-state index in [1.165, 1.54) is 10.9 Å². The molecule has 1 saturated heterocycles. The number of nitrogens with one attached hydrogen (secondary N) is 1. The van der Waals surface area contributed by atoms with E-state index in [1.807, 2.05) is 18.2 Å². The molecule has 168 valence electrons. The van der Waals surface area contributed by atoms with Crippen LogP contribution in [0.2, 0.25) is 0 Å². The van der Waals surface area contributed by atoms with Crippen LogP contribution >= 0.6 is 0 Å².